The average molecular weight is 843 g/mol. The number of benzene rings is 2. The molecule has 11 nitrogen and oxygen atoms in total. The van der Waals surface area contributed by atoms with Crippen LogP contribution in [0.2, 0.25) is 0 Å². The molecule has 0 saturated heterocycles. The zero-order valence-electron chi connectivity index (χ0n) is 26.8. The molecular formula is C32H40I2N6O5. The molecule has 2 aromatic carbocycles. The van der Waals surface area contributed by atoms with Crippen LogP contribution < -0.4 is 18.9 Å². The first kappa shape index (κ1) is 36.6. The maximum absolute atomic E-state index is 13.8. The maximum Gasteiger partial charge on any atom is 0.174 e. The van der Waals surface area contributed by atoms with Gasteiger partial charge in [0, 0.05) is 27.0 Å². The van der Waals surface area contributed by atoms with Crippen molar-refractivity contribution in [3.63, 3.8) is 0 Å². The van der Waals surface area contributed by atoms with Gasteiger partial charge in [-0.1, -0.05) is 58.8 Å². The first-order valence-electron chi connectivity index (χ1n) is 14.6. The van der Waals surface area contributed by atoms with Crippen LogP contribution >= 0.6 is 45.2 Å². The zero-order chi connectivity index (χ0) is 33.4. The van der Waals surface area contributed by atoms with Crippen LogP contribution in [0.5, 0.6) is 23.0 Å². The Morgan fingerprint density at radius 3 is 2.38 bits per heavy atom. The van der Waals surface area contributed by atoms with Gasteiger partial charge in [-0.15, -0.1) is 0 Å². The van der Waals surface area contributed by atoms with E-state index >= 15 is 0 Å². The fourth-order valence-electron chi connectivity index (χ4n) is 5.48. The number of allylic oxidation sites excluding steroid dienone is 2. The molecule has 242 valence electrons. The summed E-state index contributed by atoms with van der Waals surface area (Å²) in [5.74, 6) is 2.07. The number of ketones is 1. The van der Waals surface area contributed by atoms with Crippen molar-refractivity contribution in [2.75, 3.05) is 21.3 Å². The quantitative estimate of drug-likeness (QED) is 0.0437. The van der Waals surface area contributed by atoms with Gasteiger partial charge in [-0.2, -0.15) is 0 Å². The van der Waals surface area contributed by atoms with Crippen LogP contribution in [-0.4, -0.2) is 36.2 Å². The highest BCUT2D eigenvalue weighted by Crippen LogP contribution is 2.47. The summed E-state index contributed by atoms with van der Waals surface area (Å²) in [7, 11) is 4.76. The Hall–Kier alpha value is -2.87. The summed E-state index contributed by atoms with van der Waals surface area (Å²) in [5, 5.41) is 7.76. The third-order valence-corrected chi connectivity index (χ3v) is 9.67. The molecule has 0 spiro atoms. The van der Waals surface area contributed by atoms with Crippen LogP contribution in [0.4, 0.5) is 0 Å². The summed E-state index contributed by atoms with van der Waals surface area (Å²) in [6.07, 6.45) is 6.02. The Labute approximate surface area is 291 Å². The number of hydrogen-bond donors (Lipinski definition) is 0. The van der Waals surface area contributed by atoms with Gasteiger partial charge >= 0.3 is 0 Å². The lowest BCUT2D eigenvalue weighted by Gasteiger charge is -2.30. The second-order valence-electron chi connectivity index (χ2n) is 11.7. The van der Waals surface area contributed by atoms with Crippen molar-refractivity contribution in [3.8, 4) is 23.0 Å². The van der Waals surface area contributed by atoms with Crippen LogP contribution in [0.1, 0.15) is 91.6 Å². The number of alkyl halides is 1. The van der Waals surface area contributed by atoms with Gasteiger partial charge < -0.3 is 18.9 Å². The summed E-state index contributed by atoms with van der Waals surface area (Å²) >= 11 is 4.55. The molecule has 0 amide bonds. The number of hydrogen-bond acceptors (Lipinski definition) is 7. The molecule has 1 heterocycles. The summed E-state index contributed by atoms with van der Waals surface area (Å²) in [6, 6.07) is 5.65. The van der Waals surface area contributed by atoms with Gasteiger partial charge in [-0.05, 0) is 112 Å². The number of carbonyl (C=O) groups is 1. The van der Waals surface area contributed by atoms with Crippen molar-refractivity contribution in [3.05, 3.63) is 76.6 Å². The third kappa shape index (κ3) is 9.34. The van der Waals surface area contributed by atoms with Crippen LogP contribution in [0.3, 0.4) is 0 Å². The lowest BCUT2D eigenvalue weighted by atomic mass is 9.87. The smallest absolute Gasteiger partial charge is 0.174 e. The number of rotatable bonds is 15. The monoisotopic (exact) mass is 842 g/mol. The Balaban J connectivity index is 1.95. The highest BCUT2D eigenvalue weighted by Gasteiger charge is 2.35. The molecule has 0 saturated carbocycles. The number of azide groups is 2. The molecule has 1 aliphatic rings. The van der Waals surface area contributed by atoms with E-state index in [4.69, 9.17) is 30.0 Å². The fraction of sp³-hybridized carbons (Fsp3) is 0.531. The van der Waals surface area contributed by atoms with Crippen molar-refractivity contribution in [2.24, 2.45) is 10.2 Å². The van der Waals surface area contributed by atoms with Crippen LogP contribution in [0.15, 0.2) is 38.1 Å². The summed E-state index contributed by atoms with van der Waals surface area (Å²) < 4.78 is 24.5. The van der Waals surface area contributed by atoms with E-state index in [0.29, 0.717) is 42.1 Å². The summed E-state index contributed by atoms with van der Waals surface area (Å²) in [5.41, 5.74) is 21.2. The number of carbonyl (C=O) groups excluding carboxylic acids is 1. The maximum atomic E-state index is 13.8. The SMILES string of the molecule is COc1ccc([C@@H]2CC(=O)c3c(cc(OC)c(CCC(C)(C)N=[N+]=[N-])c3OC)O2)c(C/C=C(\I)CCCC(C)(I)N=[N+]=[N-])c1C. The lowest BCUT2D eigenvalue weighted by molar-refractivity contribution is 0.0842. The van der Waals surface area contributed by atoms with E-state index in [1.165, 1.54) is 10.7 Å². The van der Waals surface area contributed by atoms with E-state index in [1.807, 2.05) is 39.8 Å². The molecular weight excluding hydrogens is 802 g/mol. The van der Waals surface area contributed by atoms with Crippen molar-refractivity contribution < 1.29 is 23.7 Å². The van der Waals surface area contributed by atoms with Gasteiger partial charge in [0.05, 0.1) is 31.3 Å². The summed E-state index contributed by atoms with van der Waals surface area (Å²) in [6.45, 7) is 7.67. The zero-order valence-corrected chi connectivity index (χ0v) is 31.1. The van der Waals surface area contributed by atoms with Crippen molar-refractivity contribution in [1.29, 1.82) is 0 Å². The molecule has 2 aromatic rings. The first-order chi connectivity index (χ1) is 21.3. The number of nitrogens with zero attached hydrogens (tertiary/aromatic N) is 6. The molecule has 0 aliphatic carbocycles. The molecule has 1 aliphatic heterocycles. The summed E-state index contributed by atoms with van der Waals surface area (Å²) in [4.78, 5) is 19.7. The van der Waals surface area contributed by atoms with E-state index < -0.39 is 15.2 Å². The van der Waals surface area contributed by atoms with Gasteiger partial charge in [0.1, 0.15) is 34.7 Å². The second-order valence-corrected chi connectivity index (χ2v) is 15.4. The van der Waals surface area contributed by atoms with Gasteiger partial charge in [-0.3, -0.25) is 4.79 Å². The molecule has 0 bridgehead atoms. The number of ether oxygens (including phenoxy) is 4. The van der Waals surface area contributed by atoms with Crippen LogP contribution in [0, 0.1) is 6.92 Å². The molecule has 2 atom stereocenters. The molecule has 13 heteroatoms. The molecule has 0 N–H and O–H groups in total. The highest BCUT2D eigenvalue weighted by molar-refractivity contribution is 14.1. The van der Waals surface area contributed by atoms with Gasteiger partial charge in [0.2, 0.25) is 0 Å². The minimum atomic E-state index is -0.622. The Kier molecular flexibility index (Phi) is 13.1. The largest absolute Gasteiger partial charge is 0.496 e. The topological polar surface area (TPSA) is 152 Å². The van der Waals surface area contributed by atoms with E-state index in [0.717, 1.165) is 47.3 Å². The Morgan fingerprint density at radius 1 is 1.07 bits per heavy atom. The minimum absolute atomic E-state index is 0.0808. The highest BCUT2D eigenvalue weighted by atomic mass is 127. The lowest BCUT2D eigenvalue weighted by Crippen LogP contribution is -2.23. The van der Waals surface area contributed by atoms with E-state index in [2.05, 4.69) is 71.3 Å². The normalized spacial score (nSPS) is 16.0. The molecule has 3 rings (SSSR count). The van der Waals surface area contributed by atoms with E-state index in [9.17, 15) is 4.79 Å². The van der Waals surface area contributed by atoms with Crippen LogP contribution in [0.25, 0.3) is 20.9 Å². The van der Waals surface area contributed by atoms with Gasteiger partial charge in [0.15, 0.2) is 5.78 Å². The van der Waals surface area contributed by atoms with E-state index in [-0.39, 0.29) is 12.2 Å². The van der Waals surface area contributed by atoms with Crippen molar-refractivity contribution >= 4 is 51.0 Å². The standard InChI is InChI=1S/C32H40I2N6O5/c1-19-21(11-10-20(33)9-8-15-32(4,34)38-40-36)22(12-13-25(19)42-5)27-17-24(41)29-28(45-27)18-26(43-6)23(30(29)44-7)14-16-31(2,3)37-39-35/h10,12-13,18,27H,8-9,11,14-17H2,1-7H3/b20-10-/t27-,32?/m0/s1. The minimum Gasteiger partial charge on any atom is -0.496 e. The molecule has 45 heavy (non-hydrogen) atoms. The Morgan fingerprint density at radius 2 is 1.76 bits per heavy atom. The first-order valence-corrected chi connectivity index (χ1v) is 16.8. The van der Waals surface area contributed by atoms with Crippen LogP contribution in [-0.2, 0) is 12.8 Å². The number of methoxy groups -OCH3 is 3. The predicted octanol–water partition coefficient (Wildman–Crippen LogP) is 10.2. The van der Waals surface area contributed by atoms with Gasteiger partial charge in [0.25, 0.3) is 0 Å². The number of Topliss-reactive ketones (excluding diaryl/α,β-unsaturated/α-hetero) is 1. The molecule has 0 aromatic heterocycles. The average Bonchev–Trinajstić information content (AvgIpc) is 2.98. The van der Waals surface area contributed by atoms with Crippen molar-refractivity contribution in [2.45, 2.75) is 87.8 Å². The predicted molar refractivity (Wildman–Crippen MR) is 192 cm³/mol. The second kappa shape index (κ2) is 16.1. The number of fused-ring (bicyclic) bond motifs is 1. The number of halogens is 2. The molecule has 1 unspecified atom stereocenters. The Bertz CT molecular complexity index is 1550. The molecule has 0 radical (unpaired) electrons. The van der Waals surface area contributed by atoms with E-state index in [1.54, 1.807) is 20.3 Å². The fourth-order valence-corrected chi connectivity index (χ4v) is 6.56. The van der Waals surface area contributed by atoms with Gasteiger partial charge in [-0.25, -0.2) is 0 Å². The molecule has 0 fully saturated rings. The van der Waals surface area contributed by atoms with Crippen molar-refractivity contribution in [1.82, 2.24) is 0 Å². The third-order valence-electron chi connectivity index (χ3n) is 7.93.